The van der Waals surface area contributed by atoms with Crippen LogP contribution in [0.25, 0.3) is 0 Å². The fourth-order valence-corrected chi connectivity index (χ4v) is 3.45. The Hall–Kier alpha value is -2.24. The zero-order valence-electron chi connectivity index (χ0n) is 16.7. The molecule has 0 radical (unpaired) electrons. The van der Waals surface area contributed by atoms with Crippen molar-refractivity contribution in [1.29, 1.82) is 0 Å². The van der Waals surface area contributed by atoms with E-state index in [4.69, 9.17) is 4.74 Å². The Morgan fingerprint density at radius 1 is 1.11 bits per heavy atom. The lowest BCUT2D eigenvalue weighted by Crippen LogP contribution is -2.41. The van der Waals surface area contributed by atoms with Gasteiger partial charge in [0.05, 0.1) is 6.61 Å². The van der Waals surface area contributed by atoms with Crippen LogP contribution >= 0.6 is 0 Å². The molecule has 0 atom stereocenters. The zero-order chi connectivity index (χ0) is 19.3. The summed E-state index contributed by atoms with van der Waals surface area (Å²) < 4.78 is 5.64. The molecule has 27 heavy (non-hydrogen) atoms. The molecule has 1 aromatic rings. The molecule has 0 bridgehead atoms. The van der Waals surface area contributed by atoms with Crippen LogP contribution in [-0.4, -0.2) is 38.6 Å². The van der Waals surface area contributed by atoms with Crippen LogP contribution in [-0.2, 0) is 11.3 Å². The minimum atomic E-state index is 0.164. The van der Waals surface area contributed by atoms with Crippen molar-refractivity contribution in [3.63, 3.8) is 0 Å². The van der Waals surface area contributed by atoms with E-state index >= 15 is 0 Å². The van der Waals surface area contributed by atoms with Gasteiger partial charge in [-0.15, -0.1) is 0 Å². The molecule has 6 nitrogen and oxygen atoms in total. The summed E-state index contributed by atoms with van der Waals surface area (Å²) in [5.41, 5.74) is 1.09. The molecule has 1 fully saturated rings. The number of aliphatic imine (C=N–C) groups is 1. The summed E-state index contributed by atoms with van der Waals surface area (Å²) >= 11 is 0. The van der Waals surface area contributed by atoms with Crippen molar-refractivity contribution in [2.24, 2.45) is 10.9 Å². The van der Waals surface area contributed by atoms with E-state index < -0.39 is 0 Å². The largest absolute Gasteiger partial charge is 0.494 e. The van der Waals surface area contributed by atoms with E-state index in [1.807, 2.05) is 31.2 Å². The maximum atomic E-state index is 12.0. The van der Waals surface area contributed by atoms with Crippen LogP contribution in [0.3, 0.4) is 0 Å². The van der Waals surface area contributed by atoms with Gasteiger partial charge < -0.3 is 20.7 Å². The van der Waals surface area contributed by atoms with Gasteiger partial charge in [-0.2, -0.15) is 0 Å². The number of carbonyl (C=O) groups is 1. The summed E-state index contributed by atoms with van der Waals surface area (Å²) in [5, 5.41) is 9.52. The predicted molar refractivity (Wildman–Crippen MR) is 110 cm³/mol. The van der Waals surface area contributed by atoms with Crippen molar-refractivity contribution < 1.29 is 9.53 Å². The lowest BCUT2D eigenvalue weighted by molar-refractivity contribution is -0.122. The molecule has 3 N–H and O–H groups in total. The van der Waals surface area contributed by atoms with Gasteiger partial charge >= 0.3 is 0 Å². The third-order valence-electron chi connectivity index (χ3n) is 4.88. The van der Waals surface area contributed by atoms with Gasteiger partial charge in [-0.05, 0) is 31.7 Å². The second kappa shape index (κ2) is 12.2. The average Bonchev–Trinajstić information content (AvgIpc) is 2.69. The van der Waals surface area contributed by atoms with Crippen LogP contribution in [0.5, 0.6) is 5.75 Å². The summed E-state index contributed by atoms with van der Waals surface area (Å²) in [6.07, 6.45) is 6.93. The Morgan fingerprint density at radius 2 is 1.85 bits per heavy atom. The van der Waals surface area contributed by atoms with Crippen LogP contribution in [0.15, 0.2) is 29.3 Å². The van der Waals surface area contributed by atoms with Crippen molar-refractivity contribution in [2.45, 2.75) is 52.0 Å². The predicted octanol–water partition coefficient (Wildman–Crippen LogP) is 2.84. The Bertz CT molecular complexity index is 598. The molecule has 0 saturated heterocycles. The highest BCUT2D eigenvalue weighted by Crippen LogP contribution is 2.25. The quantitative estimate of drug-likeness (QED) is 0.353. The van der Waals surface area contributed by atoms with Gasteiger partial charge in [-0.25, -0.2) is 0 Å². The second-order valence-corrected chi connectivity index (χ2v) is 6.95. The fourth-order valence-electron chi connectivity index (χ4n) is 3.45. The number of hydrogen-bond acceptors (Lipinski definition) is 3. The first kappa shape index (κ1) is 21.1. The monoisotopic (exact) mass is 374 g/mol. The summed E-state index contributed by atoms with van der Waals surface area (Å²) in [7, 11) is 1.74. The molecule has 1 amide bonds. The first-order chi connectivity index (χ1) is 13.2. The van der Waals surface area contributed by atoms with Gasteiger partial charge in [0, 0.05) is 38.7 Å². The number of amides is 1. The van der Waals surface area contributed by atoms with E-state index in [0.29, 0.717) is 44.5 Å². The molecule has 1 saturated carbocycles. The first-order valence-electron chi connectivity index (χ1n) is 10.1. The maximum absolute atomic E-state index is 12.0. The van der Waals surface area contributed by atoms with Gasteiger partial charge in [-0.1, -0.05) is 37.5 Å². The van der Waals surface area contributed by atoms with Crippen molar-refractivity contribution in [2.75, 3.05) is 26.7 Å². The zero-order valence-corrected chi connectivity index (χ0v) is 16.7. The summed E-state index contributed by atoms with van der Waals surface area (Å²) in [4.78, 5) is 16.3. The van der Waals surface area contributed by atoms with Gasteiger partial charge in [0.15, 0.2) is 5.96 Å². The number of guanidine groups is 1. The lowest BCUT2D eigenvalue weighted by atomic mass is 9.87. The maximum Gasteiger partial charge on any atom is 0.220 e. The Kier molecular flexibility index (Phi) is 9.52. The highest BCUT2D eigenvalue weighted by atomic mass is 16.5. The molecule has 2 rings (SSSR count). The summed E-state index contributed by atoms with van der Waals surface area (Å²) in [6.45, 7) is 4.49. The van der Waals surface area contributed by atoms with Crippen LogP contribution in [0.2, 0.25) is 0 Å². The van der Waals surface area contributed by atoms with Crippen molar-refractivity contribution in [3.8, 4) is 5.75 Å². The highest BCUT2D eigenvalue weighted by Gasteiger charge is 2.16. The Labute approximate surface area is 163 Å². The number of carbonyl (C=O) groups excluding carboxylic acids is 1. The first-order valence-corrected chi connectivity index (χ1v) is 10.1. The molecule has 0 aliphatic heterocycles. The topological polar surface area (TPSA) is 74.8 Å². The Morgan fingerprint density at radius 3 is 2.59 bits per heavy atom. The normalized spacial score (nSPS) is 15.3. The molecule has 1 aliphatic rings. The van der Waals surface area contributed by atoms with Gasteiger partial charge in [0.1, 0.15) is 5.75 Å². The molecule has 0 unspecified atom stereocenters. The molecule has 0 heterocycles. The SMILES string of the molecule is CCOc1ccccc1CNC(=NC)NCCNC(=O)CC1CCCCC1. The number of nitrogens with zero attached hydrogens (tertiary/aromatic N) is 1. The van der Waals surface area contributed by atoms with Crippen LogP contribution in [0.1, 0.15) is 51.0 Å². The summed E-state index contributed by atoms with van der Waals surface area (Å²) in [5.74, 6) is 2.34. The van der Waals surface area contributed by atoms with E-state index in [2.05, 4.69) is 20.9 Å². The highest BCUT2D eigenvalue weighted by molar-refractivity contribution is 5.80. The number of nitrogens with one attached hydrogen (secondary N) is 3. The lowest BCUT2D eigenvalue weighted by Gasteiger charge is -2.21. The Balaban J connectivity index is 1.64. The van der Waals surface area contributed by atoms with Crippen molar-refractivity contribution in [3.05, 3.63) is 29.8 Å². The third-order valence-corrected chi connectivity index (χ3v) is 4.88. The molecule has 0 spiro atoms. The standard InChI is InChI=1S/C21H34N4O2/c1-3-27-19-12-8-7-11-18(19)16-25-21(22-2)24-14-13-23-20(26)15-17-9-5-4-6-10-17/h7-8,11-12,17H,3-6,9-10,13-16H2,1-2H3,(H,23,26)(H2,22,24,25). The summed E-state index contributed by atoms with van der Waals surface area (Å²) in [6, 6.07) is 7.98. The molecular weight excluding hydrogens is 340 g/mol. The average molecular weight is 375 g/mol. The number of para-hydroxylation sites is 1. The van der Waals surface area contributed by atoms with Gasteiger partial charge in [0.2, 0.25) is 5.91 Å². The van der Waals surface area contributed by atoms with Crippen LogP contribution in [0, 0.1) is 5.92 Å². The van der Waals surface area contributed by atoms with E-state index in [1.165, 1.54) is 32.1 Å². The van der Waals surface area contributed by atoms with Crippen molar-refractivity contribution in [1.82, 2.24) is 16.0 Å². The van der Waals surface area contributed by atoms with E-state index in [9.17, 15) is 4.79 Å². The van der Waals surface area contributed by atoms with Gasteiger partial charge in [0.25, 0.3) is 0 Å². The fraction of sp³-hybridized carbons (Fsp3) is 0.619. The number of hydrogen-bond donors (Lipinski definition) is 3. The third kappa shape index (κ3) is 7.89. The van der Waals surface area contributed by atoms with Crippen LogP contribution < -0.4 is 20.7 Å². The van der Waals surface area contributed by atoms with E-state index in [0.717, 1.165) is 11.3 Å². The minimum absolute atomic E-state index is 0.164. The van der Waals surface area contributed by atoms with Crippen molar-refractivity contribution >= 4 is 11.9 Å². The number of rotatable bonds is 9. The molecule has 0 aromatic heterocycles. The molecule has 6 heteroatoms. The smallest absolute Gasteiger partial charge is 0.220 e. The number of ether oxygens (including phenoxy) is 1. The van der Waals surface area contributed by atoms with Crippen LogP contribution in [0.4, 0.5) is 0 Å². The second-order valence-electron chi connectivity index (χ2n) is 6.95. The van der Waals surface area contributed by atoms with Gasteiger partial charge in [-0.3, -0.25) is 9.79 Å². The minimum Gasteiger partial charge on any atom is -0.494 e. The number of benzene rings is 1. The molecule has 150 valence electrons. The molecule has 1 aliphatic carbocycles. The molecular formula is C21H34N4O2. The van der Waals surface area contributed by atoms with E-state index in [1.54, 1.807) is 7.05 Å². The van der Waals surface area contributed by atoms with E-state index in [-0.39, 0.29) is 5.91 Å². The molecule has 1 aromatic carbocycles.